The quantitative estimate of drug-likeness (QED) is 0.779. The molecule has 3 N–H and O–H groups in total. The second-order valence-electron chi connectivity index (χ2n) is 4.20. The van der Waals surface area contributed by atoms with Gasteiger partial charge < -0.3 is 10.5 Å². The summed E-state index contributed by atoms with van der Waals surface area (Å²) in [5.41, 5.74) is 6.00. The Morgan fingerprint density at radius 3 is 2.60 bits per heavy atom. The summed E-state index contributed by atoms with van der Waals surface area (Å²) >= 11 is 10.8. The molecule has 0 amide bonds. The van der Waals surface area contributed by atoms with Gasteiger partial charge in [0.15, 0.2) is 0 Å². The molecule has 1 fully saturated rings. The number of hydrogen-bond acceptors (Lipinski definition) is 5. The first kappa shape index (κ1) is 15.6. The molecule has 0 aromatic heterocycles. The predicted octanol–water partition coefficient (Wildman–Crippen LogP) is 0.500. The van der Waals surface area contributed by atoms with Gasteiger partial charge in [-0.05, 0) is 12.1 Å². The molecule has 20 heavy (non-hydrogen) atoms. The van der Waals surface area contributed by atoms with Crippen LogP contribution in [0.25, 0.3) is 0 Å². The van der Waals surface area contributed by atoms with Crippen LogP contribution in [0.2, 0.25) is 5.02 Å². The van der Waals surface area contributed by atoms with Crippen molar-refractivity contribution in [2.45, 2.75) is 4.90 Å². The van der Waals surface area contributed by atoms with E-state index in [2.05, 4.69) is 4.83 Å². The molecule has 0 radical (unpaired) electrons. The summed E-state index contributed by atoms with van der Waals surface area (Å²) in [5, 5.41) is 1.66. The molecule has 1 aromatic carbocycles. The first-order valence-electron chi connectivity index (χ1n) is 5.84. The van der Waals surface area contributed by atoms with Gasteiger partial charge in [-0.1, -0.05) is 29.9 Å². The summed E-state index contributed by atoms with van der Waals surface area (Å²) in [7, 11) is -3.73. The van der Waals surface area contributed by atoms with Crippen LogP contribution in [-0.4, -0.2) is 44.7 Å². The maximum Gasteiger partial charge on any atom is 0.254 e. The number of hydrazine groups is 1. The lowest BCUT2D eigenvalue weighted by molar-refractivity contribution is 0.0272. The third-order valence-electron chi connectivity index (χ3n) is 2.77. The van der Waals surface area contributed by atoms with Crippen molar-refractivity contribution in [2.75, 3.05) is 26.3 Å². The van der Waals surface area contributed by atoms with Gasteiger partial charge in [-0.25, -0.2) is 13.4 Å². The van der Waals surface area contributed by atoms with Crippen LogP contribution < -0.4 is 10.6 Å². The SMILES string of the molecule is NC(=S)c1ccc(S(=O)(=O)NN2CCOCC2)c(Cl)c1. The van der Waals surface area contributed by atoms with Crippen LogP contribution in [0.1, 0.15) is 5.56 Å². The van der Waals surface area contributed by atoms with Gasteiger partial charge in [0.05, 0.1) is 18.2 Å². The first-order valence-corrected chi connectivity index (χ1v) is 8.11. The van der Waals surface area contributed by atoms with E-state index < -0.39 is 10.0 Å². The molecule has 0 spiro atoms. The Balaban J connectivity index is 2.22. The van der Waals surface area contributed by atoms with Crippen LogP contribution in [0, 0.1) is 0 Å². The molecule has 0 unspecified atom stereocenters. The number of benzene rings is 1. The fourth-order valence-electron chi connectivity index (χ4n) is 1.75. The second kappa shape index (κ2) is 6.33. The van der Waals surface area contributed by atoms with E-state index in [0.717, 1.165) is 0 Å². The summed E-state index contributed by atoms with van der Waals surface area (Å²) in [4.78, 5) is 2.63. The van der Waals surface area contributed by atoms with Crippen LogP contribution in [0.15, 0.2) is 23.1 Å². The van der Waals surface area contributed by atoms with E-state index >= 15 is 0 Å². The van der Waals surface area contributed by atoms with Gasteiger partial charge in [0.1, 0.15) is 9.88 Å². The lowest BCUT2D eigenvalue weighted by Crippen LogP contribution is -2.48. The molecule has 0 bridgehead atoms. The van der Waals surface area contributed by atoms with E-state index in [1.807, 2.05) is 0 Å². The molecule has 1 aliphatic rings. The van der Waals surface area contributed by atoms with Crippen molar-refractivity contribution in [3.8, 4) is 0 Å². The van der Waals surface area contributed by atoms with Gasteiger partial charge >= 0.3 is 0 Å². The molecule has 0 saturated carbocycles. The normalized spacial score (nSPS) is 17.1. The largest absolute Gasteiger partial charge is 0.389 e. The second-order valence-corrected chi connectivity index (χ2v) is 6.68. The Morgan fingerprint density at radius 2 is 2.05 bits per heavy atom. The van der Waals surface area contributed by atoms with Gasteiger partial charge in [-0.15, -0.1) is 4.83 Å². The summed E-state index contributed by atoms with van der Waals surface area (Å²) in [6.07, 6.45) is 0. The highest BCUT2D eigenvalue weighted by Crippen LogP contribution is 2.22. The van der Waals surface area contributed by atoms with Crippen molar-refractivity contribution in [1.82, 2.24) is 9.84 Å². The summed E-state index contributed by atoms with van der Waals surface area (Å²) < 4.78 is 29.7. The summed E-state index contributed by atoms with van der Waals surface area (Å²) in [6.45, 7) is 1.94. The third-order valence-corrected chi connectivity index (χ3v) is 4.86. The molecule has 0 atom stereocenters. The zero-order valence-electron chi connectivity index (χ0n) is 10.5. The highest BCUT2D eigenvalue weighted by molar-refractivity contribution is 7.89. The number of halogens is 1. The van der Waals surface area contributed by atoms with Crippen molar-refractivity contribution < 1.29 is 13.2 Å². The van der Waals surface area contributed by atoms with Crippen molar-refractivity contribution in [3.63, 3.8) is 0 Å². The van der Waals surface area contributed by atoms with E-state index in [-0.39, 0.29) is 14.9 Å². The number of rotatable bonds is 4. The monoisotopic (exact) mass is 335 g/mol. The van der Waals surface area contributed by atoms with E-state index in [1.54, 1.807) is 5.01 Å². The number of nitrogens with zero attached hydrogens (tertiary/aromatic N) is 1. The maximum absolute atomic E-state index is 12.3. The molecule has 9 heteroatoms. The number of nitrogens with two attached hydrogens (primary N) is 1. The van der Waals surface area contributed by atoms with Gasteiger partial charge in [0.2, 0.25) is 0 Å². The van der Waals surface area contributed by atoms with Crippen molar-refractivity contribution >= 4 is 38.8 Å². The number of nitrogens with one attached hydrogen (secondary N) is 1. The molecule has 6 nitrogen and oxygen atoms in total. The number of morpholine rings is 1. The average Bonchev–Trinajstić information content (AvgIpc) is 2.38. The first-order chi connectivity index (χ1) is 9.40. The Kier molecular flexibility index (Phi) is 4.95. The lowest BCUT2D eigenvalue weighted by Gasteiger charge is -2.26. The maximum atomic E-state index is 12.3. The van der Waals surface area contributed by atoms with Crippen molar-refractivity contribution in [2.24, 2.45) is 5.73 Å². The van der Waals surface area contributed by atoms with Crippen LogP contribution in [0.4, 0.5) is 0 Å². The topological polar surface area (TPSA) is 84.7 Å². The summed E-state index contributed by atoms with van der Waals surface area (Å²) in [5.74, 6) is 0. The minimum atomic E-state index is -3.73. The Labute approximate surface area is 127 Å². The van der Waals surface area contributed by atoms with Crippen molar-refractivity contribution in [3.05, 3.63) is 28.8 Å². The Morgan fingerprint density at radius 1 is 1.40 bits per heavy atom. The zero-order valence-corrected chi connectivity index (χ0v) is 12.9. The molecule has 1 aromatic rings. The van der Waals surface area contributed by atoms with Crippen molar-refractivity contribution in [1.29, 1.82) is 0 Å². The van der Waals surface area contributed by atoms with Crippen LogP contribution >= 0.6 is 23.8 Å². The minimum absolute atomic E-state index is 0.00865. The lowest BCUT2D eigenvalue weighted by atomic mass is 10.2. The van der Waals surface area contributed by atoms with E-state index in [4.69, 9.17) is 34.3 Å². The standard InChI is InChI=1S/C11H14ClN3O3S2/c12-9-7-8(11(13)19)1-2-10(9)20(16,17)14-15-3-5-18-6-4-15/h1-2,7,14H,3-6H2,(H2,13,19). The Bertz CT molecular complexity index is 615. The third kappa shape index (κ3) is 3.66. The average molecular weight is 336 g/mol. The number of hydrogen-bond donors (Lipinski definition) is 2. The van der Waals surface area contributed by atoms with Crippen LogP contribution in [0.5, 0.6) is 0 Å². The number of thiocarbonyl (C=S) groups is 1. The fraction of sp³-hybridized carbons (Fsp3) is 0.364. The number of sulfonamides is 1. The fourth-order valence-corrected chi connectivity index (χ4v) is 3.54. The minimum Gasteiger partial charge on any atom is -0.389 e. The van der Waals surface area contributed by atoms with E-state index in [0.29, 0.717) is 31.9 Å². The molecule has 110 valence electrons. The zero-order chi connectivity index (χ0) is 14.8. The van der Waals surface area contributed by atoms with Gasteiger partial charge in [-0.2, -0.15) is 0 Å². The highest BCUT2D eigenvalue weighted by Gasteiger charge is 2.22. The summed E-state index contributed by atoms with van der Waals surface area (Å²) in [6, 6.07) is 4.36. The molecule has 2 rings (SSSR count). The van der Waals surface area contributed by atoms with E-state index in [9.17, 15) is 8.42 Å². The smallest absolute Gasteiger partial charge is 0.254 e. The molecular formula is C11H14ClN3O3S2. The van der Waals surface area contributed by atoms with Gasteiger partial charge in [-0.3, -0.25) is 0 Å². The molecule has 1 aliphatic heterocycles. The van der Waals surface area contributed by atoms with Crippen LogP contribution in [0.3, 0.4) is 0 Å². The molecular weight excluding hydrogens is 322 g/mol. The van der Waals surface area contributed by atoms with Gasteiger partial charge in [0.25, 0.3) is 10.0 Å². The molecule has 0 aliphatic carbocycles. The molecule has 1 heterocycles. The highest BCUT2D eigenvalue weighted by atomic mass is 35.5. The number of ether oxygens (including phenoxy) is 1. The molecule has 1 saturated heterocycles. The van der Waals surface area contributed by atoms with Crippen LogP contribution in [-0.2, 0) is 14.8 Å². The Hall–Kier alpha value is -0.770. The van der Waals surface area contributed by atoms with Gasteiger partial charge in [0, 0.05) is 18.7 Å². The predicted molar refractivity (Wildman–Crippen MR) is 80.1 cm³/mol. The van der Waals surface area contributed by atoms with E-state index in [1.165, 1.54) is 18.2 Å².